The summed E-state index contributed by atoms with van der Waals surface area (Å²) in [6.07, 6.45) is 0. The fourth-order valence-electron chi connectivity index (χ4n) is 1.66. The number of hydrogen-bond acceptors (Lipinski definition) is 2. The number of nitrogens with two attached hydrogens (primary N) is 1. The Balaban J connectivity index is 2.15. The van der Waals surface area contributed by atoms with Crippen LogP contribution in [-0.2, 0) is 0 Å². The van der Waals surface area contributed by atoms with Crippen molar-refractivity contribution in [1.82, 2.24) is 0 Å². The molecule has 0 spiro atoms. The normalized spacial score (nSPS) is 12.3. The molecule has 2 aromatic rings. The average Bonchev–Trinajstić information content (AvgIpc) is 2.45. The summed E-state index contributed by atoms with van der Waals surface area (Å²) in [5.41, 5.74) is 6.13. The molecule has 1 unspecified atom stereocenters. The zero-order chi connectivity index (χ0) is 15.6. The van der Waals surface area contributed by atoms with Crippen molar-refractivity contribution in [3.63, 3.8) is 0 Å². The molecule has 0 fully saturated rings. The predicted octanol–water partition coefficient (Wildman–Crippen LogP) is 3.46. The average molecular weight is 303 g/mol. The van der Waals surface area contributed by atoms with Gasteiger partial charge in [0.2, 0.25) is 11.6 Å². The van der Waals surface area contributed by atoms with E-state index in [1.54, 1.807) is 0 Å². The van der Waals surface area contributed by atoms with Crippen molar-refractivity contribution < 1.29 is 26.7 Å². The molecule has 1 atom stereocenters. The lowest BCUT2D eigenvalue weighted by molar-refractivity contribution is 0.253. The smallest absolute Gasteiger partial charge is 0.203 e. The largest absolute Gasteiger partial charge is 0.485 e. The van der Waals surface area contributed by atoms with Crippen molar-refractivity contribution in [2.75, 3.05) is 6.61 Å². The SMILES string of the molecule is NC(COc1c(F)c(F)cc(F)c1F)c1ccc(F)cc1. The molecule has 0 aromatic heterocycles. The monoisotopic (exact) mass is 303 g/mol. The van der Waals surface area contributed by atoms with Crippen LogP contribution in [0.4, 0.5) is 22.0 Å². The van der Waals surface area contributed by atoms with Crippen molar-refractivity contribution in [2.45, 2.75) is 6.04 Å². The van der Waals surface area contributed by atoms with Gasteiger partial charge in [0.25, 0.3) is 0 Å². The van der Waals surface area contributed by atoms with Gasteiger partial charge in [-0.05, 0) is 17.7 Å². The number of rotatable bonds is 4. The minimum Gasteiger partial charge on any atom is -0.485 e. The van der Waals surface area contributed by atoms with Crippen LogP contribution in [0.5, 0.6) is 5.75 Å². The highest BCUT2D eigenvalue weighted by molar-refractivity contribution is 5.29. The van der Waals surface area contributed by atoms with Crippen molar-refractivity contribution in [3.8, 4) is 5.75 Å². The molecule has 2 N–H and O–H groups in total. The van der Waals surface area contributed by atoms with Gasteiger partial charge in [-0.3, -0.25) is 0 Å². The van der Waals surface area contributed by atoms with E-state index in [0.717, 1.165) is 12.1 Å². The summed E-state index contributed by atoms with van der Waals surface area (Å²) in [5.74, 6) is -8.07. The third kappa shape index (κ3) is 3.30. The molecule has 0 aliphatic carbocycles. The highest BCUT2D eigenvalue weighted by Crippen LogP contribution is 2.27. The fraction of sp³-hybridized carbons (Fsp3) is 0.143. The molecule has 0 saturated heterocycles. The predicted molar refractivity (Wildman–Crippen MR) is 65.1 cm³/mol. The van der Waals surface area contributed by atoms with E-state index < -0.39 is 47.5 Å². The summed E-state index contributed by atoms with van der Waals surface area (Å²) in [6.45, 7) is -0.442. The highest BCUT2D eigenvalue weighted by atomic mass is 19.2. The Kier molecular flexibility index (Phi) is 4.42. The molecule has 2 nitrogen and oxygen atoms in total. The maximum Gasteiger partial charge on any atom is 0.203 e. The molecular weight excluding hydrogens is 293 g/mol. The number of halogens is 5. The zero-order valence-corrected chi connectivity index (χ0v) is 10.5. The lowest BCUT2D eigenvalue weighted by atomic mass is 10.1. The summed E-state index contributed by atoms with van der Waals surface area (Å²) in [7, 11) is 0. The van der Waals surface area contributed by atoms with Crippen LogP contribution in [0, 0.1) is 29.1 Å². The maximum atomic E-state index is 13.4. The van der Waals surface area contributed by atoms with E-state index in [2.05, 4.69) is 0 Å². The van der Waals surface area contributed by atoms with Crippen molar-refractivity contribution in [1.29, 1.82) is 0 Å². The second kappa shape index (κ2) is 6.09. The quantitative estimate of drug-likeness (QED) is 0.693. The molecular formula is C14H10F5NO. The Morgan fingerprint density at radius 3 is 1.95 bits per heavy atom. The van der Waals surface area contributed by atoms with Crippen LogP contribution in [-0.4, -0.2) is 6.61 Å². The Morgan fingerprint density at radius 1 is 0.905 bits per heavy atom. The van der Waals surface area contributed by atoms with Crippen LogP contribution in [0.3, 0.4) is 0 Å². The molecule has 21 heavy (non-hydrogen) atoms. The molecule has 7 heteroatoms. The summed E-state index contributed by atoms with van der Waals surface area (Å²) in [5, 5.41) is 0. The fourth-order valence-corrected chi connectivity index (χ4v) is 1.66. The number of ether oxygens (including phenoxy) is 1. The highest BCUT2D eigenvalue weighted by Gasteiger charge is 2.21. The topological polar surface area (TPSA) is 35.2 Å². The van der Waals surface area contributed by atoms with Gasteiger partial charge in [0.1, 0.15) is 12.4 Å². The second-order valence-electron chi connectivity index (χ2n) is 4.27. The van der Waals surface area contributed by atoms with Crippen LogP contribution in [0.2, 0.25) is 0 Å². The molecule has 0 saturated carbocycles. The van der Waals surface area contributed by atoms with Gasteiger partial charge in [-0.1, -0.05) is 12.1 Å². The van der Waals surface area contributed by atoms with E-state index in [9.17, 15) is 22.0 Å². The van der Waals surface area contributed by atoms with Crippen LogP contribution in [0.25, 0.3) is 0 Å². The third-order valence-electron chi connectivity index (χ3n) is 2.78. The summed E-state index contributed by atoms with van der Waals surface area (Å²) in [4.78, 5) is 0. The number of benzene rings is 2. The maximum absolute atomic E-state index is 13.4. The van der Waals surface area contributed by atoms with E-state index in [1.165, 1.54) is 12.1 Å². The minimum absolute atomic E-state index is 0.0808. The van der Waals surface area contributed by atoms with E-state index >= 15 is 0 Å². The van der Waals surface area contributed by atoms with Gasteiger partial charge in [-0.25, -0.2) is 13.2 Å². The van der Waals surface area contributed by atoms with Crippen molar-refractivity contribution >= 4 is 0 Å². The standard InChI is InChI=1S/C14H10F5NO/c15-8-3-1-7(2-4-8)11(20)6-21-14-12(18)9(16)5-10(17)13(14)19/h1-5,11H,6,20H2. The Morgan fingerprint density at radius 2 is 1.43 bits per heavy atom. The van der Waals surface area contributed by atoms with Gasteiger partial charge >= 0.3 is 0 Å². The van der Waals surface area contributed by atoms with Crippen LogP contribution >= 0.6 is 0 Å². The molecule has 0 amide bonds. The lowest BCUT2D eigenvalue weighted by Gasteiger charge is -2.15. The molecule has 2 rings (SSSR count). The first kappa shape index (κ1) is 15.2. The zero-order valence-electron chi connectivity index (χ0n) is 10.5. The first-order chi connectivity index (χ1) is 9.90. The lowest BCUT2D eigenvalue weighted by Crippen LogP contribution is -2.20. The van der Waals surface area contributed by atoms with Crippen LogP contribution in [0.15, 0.2) is 30.3 Å². The van der Waals surface area contributed by atoms with E-state index in [-0.39, 0.29) is 6.07 Å². The summed E-state index contributed by atoms with van der Waals surface area (Å²) >= 11 is 0. The first-order valence-corrected chi connectivity index (χ1v) is 5.87. The minimum atomic E-state index is -1.64. The molecule has 0 radical (unpaired) electrons. The first-order valence-electron chi connectivity index (χ1n) is 5.87. The second-order valence-corrected chi connectivity index (χ2v) is 4.27. The van der Waals surface area contributed by atoms with E-state index in [4.69, 9.17) is 10.5 Å². The Labute approximate surface area is 116 Å². The van der Waals surface area contributed by atoms with Gasteiger partial charge in [-0.15, -0.1) is 0 Å². The molecule has 2 aromatic carbocycles. The summed E-state index contributed by atoms with van der Waals surface area (Å²) in [6, 6.07) is 4.26. The van der Waals surface area contributed by atoms with Gasteiger partial charge in [-0.2, -0.15) is 8.78 Å². The van der Waals surface area contributed by atoms with Crippen LogP contribution in [0.1, 0.15) is 11.6 Å². The molecule has 0 aliphatic heterocycles. The van der Waals surface area contributed by atoms with Gasteiger partial charge < -0.3 is 10.5 Å². The van der Waals surface area contributed by atoms with Crippen molar-refractivity contribution in [3.05, 3.63) is 65.0 Å². The Bertz CT molecular complexity index is 619. The Hall–Kier alpha value is -2.15. The van der Waals surface area contributed by atoms with Gasteiger partial charge in [0, 0.05) is 6.07 Å². The van der Waals surface area contributed by atoms with Gasteiger partial charge in [0.05, 0.1) is 6.04 Å². The molecule has 0 heterocycles. The third-order valence-corrected chi connectivity index (χ3v) is 2.78. The molecule has 0 aliphatic rings. The molecule has 112 valence electrons. The summed E-state index contributed by atoms with van der Waals surface area (Å²) < 4.78 is 70.1. The van der Waals surface area contributed by atoms with Gasteiger partial charge in [0.15, 0.2) is 17.4 Å². The van der Waals surface area contributed by atoms with Crippen molar-refractivity contribution in [2.24, 2.45) is 5.73 Å². The number of hydrogen-bond donors (Lipinski definition) is 1. The van der Waals surface area contributed by atoms with E-state index in [0.29, 0.717) is 5.56 Å². The molecule has 0 bridgehead atoms. The van der Waals surface area contributed by atoms with E-state index in [1.807, 2.05) is 0 Å². The van der Waals surface area contributed by atoms with Crippen LogP contribution < -0.4 is 10.5 Å².